The van der Waals surface area contributed by atoms with E-state index in [2.05, 4.69) is 4.74 Å². The fraction of sp³-hybridized carbons (Fsp3) is 0.800. The number of nitrogens with one attached hydrogen (secondary N) is 1. The summed E-state index contributed by atoms with van der Waals surface area (Å²) in [5.41, 5.74) is 0.522. The van der Waals surface area contributed by atoms with Gasteiger partial charge in [-0.25, -0.2) is 4.79 Å². The molecule has 0 fully saturated rings. The highest BCUT2D eigenvalue weighted by Crippen LogP contribution is 2.05. The normalized spacial score (nSPS) is 10.7. The zero-order valence-corrected chi connectivity index (χ0v) is 5.72. The van der Waals surface area contributed by atoms with Crippen molar-refractivity contribution in [2.24, 2.45) is 0 Å². The second-order valence-electron chi connectivity index (χ2n) is 2.60. The number of hydrogen-bond acceptors (Lipinski definition) is 3. The van der Waals surface area contributed by atoms with E-state index in [1.54, 1.807) is 20.8 Å². The number of rotatable bonds is 0. The summed E-state index contributed by atoms with van der Waals surface area (Å²) in [4.78, 5) is 10.2. The van der Waals surface area contributed by atoms with Crippen molar-refractivity contribution in [3.8, 4) is 0 Å². The Morgan fingerprint density at radius 2 is 2.00 bits per heavy atom. The fourth-order valence-electron chi connectivity index (χ4n) is 0.299. The van der Waals surface area contributed by atoms with Gasteiger partial charge in [0.25, 0.3) is 0 Å². The smallest absolute Gasteiger partial charge is 0.396 e. The van der Waals surface area contributed by atoms with E-state index in [4.69, 9.17) is 0 Å². The Bertz CT molecular complexity index is 105. The van der Waals surface area contributed by atoms with Gasteiger partial charge in [0.2, 0.25) is 0 Å². The second kappa shape index (κ2) is 2.68. The molecule has 0 saturated carbocycles. The maximum absolute atomic E-state index is 10.2. The molecule has 0 aromatic rings. The van der Waals surface area contributed by atoms with Crippen LogP contribution >= 0.6 is 0 Å². The number of hydroxylamine groups is 1. The monoisotopic (exact) mass is 132 g/mol. The lowest BCUT2D eigenvalue weighted by atomic mass is 10.2. The molecule has 0 aliphatic carbocycles. The lowest BCUT2D eigenvalue weighted by Gasteiger charge is -2.20. The zero-order valence-electron chi connectivity index (χ0n) is 5.72. The first-order valence-corrected chi connectivity index (χ1v) is 2.57. The quantitative estimate of drug-likeness (QED) is 0.500. The molecule has 0 aromatic heterocycles. The zero-order chi connectivity index (χ0) is 7.49. The van der Waals surface area contributed by atoms with Gasteiger partial charge < -0.3 is 15.4 Å². The molecule has 0 heterocycles. The molecule has 0 unspecified atom stereocenters. The highest BCUT2D eigenvalue weighted by Gasteiger charge is 2.13. The number of hydrogen-bond donors (Lipinski definition) is 1. The van der Waals surface area contributed by atoms with Crippen molar-refractivity contribution >= 4 is 6.09 Å². The predicted molar refractivity (Wildman–Crippen MR) is 32.7 cm³/mol. The van der Waals surface area contributed by atoms with Crippen LogP contribution in [0.15, 0.2) is 0 Å². The van der Waals surface area contributed by atoms with Gasteiger partial charge in [-0.3, -0.25) is 0 Å². The summed E-state index contributed by atoms with van der Waals surface area (Å²) < 4.78 is 4.52. The van der Waals surface area contributed by atoms with E-state index in [-0.39, 0.29) is 0 Å². The van der Waals surface area contributed by atoms with Crippen LogP contribution in [0.1, 0.15) is 20.8 Å². The summed E-state index contributed by atoms with van der Waals surface area (Å²) in [6.07, 6.45) is -0.942. The van der Waals surface area contributed by atoms with Gasteiger partial charge in [0, 0.05) is 0 Å². The van der Waals surface area contributed by atoms with Crippen molar-refractivity contribution in [3.63, 3.8) is 0 Å². The molecule has 0 aromatic carbocycles. The van der Waals surface area contributed by atoms with E-state index in [9.17, 15) is 10.0 Å². The lowest BCUT2D eigenvalue weighted by molar-refractivity contribution is 0.0552. The summed E-state index contributed by atoms with van der Waals surface area (Å²) in [5, 5.41) is 9.58. The Hall–Kier alpha value is -0.770. The van der Waals surface area contributed by atoms with Crippen LogP contribution in [0.2, 0.25) is 0 Å². The lowest BCUT2D eigenvalue weighted by Crippen LogP contribution is -2.29. The number of amides is 1. The van der Waals surface area contributed by atoms with E-state index in [0.717, 1.165) is 5.48 Å². The minimum absolute atomic E-state index is 0.589. The van der Waals surface area contributed by atoms with Crippen LogP contribution in [-0.4, -0.2) is 11.7 Å². The molecule has 9 heavy (non-hydrogen) atoms. The Morgan fingerprint density at radius 3 is 2.11 bits per heavy atom. The van der Waals surface area contributed by atoms with Crippen LogP contribution in [0.25, 0.3) is 0 Å². The number of ether oxygens (including phenoxy) is 1. The van der Waals surface area contributed by atoms with Gasteiger partial charge in [-0.2, -0.15) is 0 Å². The number of carbonyl (C=O) groups is 1. The summed E-state index contributed by atoms with van der Waals surface area (Å²) >= 11 is 0. The maximum Gasteiger partial charge on any atom is 0.396 e. The van der Waals surface area contributed by atoms with Crippen LogP contribution in [0.5, 0.6) is 0 Å². The van der Waals surface area contributed by atoms with E-state index in [0.29, 0.717) is 0 Å². The fourth-order valence-corrected chi connectivity index (χ4v) is 0.299. The summed E-state index contributed by atoms with van der Waals surface area (Å²) in [7, 11) is 0. The highest BCUT2D eigenvalue weighted by atomic mass is 16.6. The Balaban J connectivity index is 3.60. The van der Waals surface area contributed by atoms with Crippen LogP contribution in [0.4, 0.5) is 4.79 Å². The molecular weight excluding hydrogens is 122 g/mol. The third-order valence-electron chi connectivity index (χ3n) is 0.482. The van der Waals surface area contributed by atoms with Gasteiger partial charge in [0.15, 0.2) is 0 Å². The maximum atomic E-state index is 10.2. The largest absolute Gasteiger partial charge is 0.756 e. The van der Waals surface area contributed by atoms with E-state index < -0.39 is 11.7 Å². The first kappa shape index (κ1) is 8.23. The third kappa shape index (κ3) is 5.10. The predicted octanol–water partition coefficient (Wildman–Crippen LogP) is 1.01. The molecular formula is C5H10NO3-. The third-order valence-corrected chi connectivity index (χ3v) is 0.482. The summed E-state index contributed by atoms with van der Waals surface area (Å²) in [6.45, 7) is 5.05. The highest BCUT2D eigenvalue weighted by molar-refractivity contribution is 5.67. The molecule has 1 N–H and O–H groups in total. The average molecular weight is 132 g/mol. The molecule has 0 spiro atoms. The van der Waals surface area contributed by atoms with Gasteiger partial charge >= 0.3 is 6.09 Å². The Kier molecular flexibility index (Phi) is 2.45. The van der Waals surface area contributed by atoms with Gasteiger partial charge in [0.05, 0.1) is 0 Å². The van der Waals surface area contributed by atoms with Crippen LogP contribution in [0.3, 0.4) is 0 Å². The topological polar surface area (TPSA) is 61.4 Å². The number of carbonyl (C=O) groups excluding carboxylic acids is 1. The molecule has 0 radical (unpaired) electrons. The first-order chi connectivity index (χ1) is 3.95. The van der Waals surface area contributed by atoms with Crippen molar-refractivity contribution in [1.82, 2.24) is 5.48 Å². The minimum atomic E-state index is -0.942. The molecule has 4 heteroatoms. The molecule has 0 aliphatic heterocycles. The Morgan fingerprint density at radius 1 is 1.56 bits per heavy atom. The molecule has 0 saturated heterocycles. The van der Waals surface area contributed by atoms with Crippen molar-refractivity contribution < 1.29 is 9.53 Å². The first-order valence-electron chi connectivity index (χ1n) is 2.57. The molecule has 4 nitrogen and oxygen atoms in total. The molecule has 0 rings (SSSR count). The van der Waals surface area contributed by atoms with Gasteiger partial charge in [-0.1, -0.05) is 0 Å². The second-order valence-corrected chi connectivity index (χ2v) is 2.60. The van der Waals surface area contributed by atoms with Gasteiger partial charge in [-0.05, 0) is 20.8 Å². The van der Waals surface area contributed by atoms with Crippen LogP contribution in [0, 0.1) is 5.21 Å². The molecule has 0 aliphatic rings. The molecule has 0 atom stereocenters. The summed E-state index contributed by atoms with van der Waals surface area (Å²) in [5.74, 6) is 0. The molecule has 1 amide bonds. The van der Waals surface area contributed by atoms with Crippen molar-refractivity contribution in [2.45, 2.75) is 26.4 Å². The van der Waals surface area contributed by atoms with E-state index in [1.165, 1.54) is 0 Å². The van der Waals surface area contributed by atoms with Crippen LogP contribution in [-0.2, 0) is 4.74 Å². The van der Waals surface area contributed by atoms with E-state index in [1.807, 2.05) is 0 Å². The van der Waals surface area contributed by atoms with Crippen molar-refractivity contribution in [3.05, 3.63) is 5.21 Å². The molecule has 0 bridgehead atoms. The van der Waals surface area contributed by atoms with Gasteiger partial charge in [0.1, 0.15) is 5.60 Å². The van der Waals surface area contributed by atoms with Crippen molar-refractivity contribution in [2.75, 3.05) is 0 Å². The minimum Gasteiger partial charge on any atom is -0.756 e. The Labute approximate surface area is 53.8 Å². The van der Waals surface area contributed by atoms with Gasteiger partial charge in [-0.15, -0.1) is 0 Å². The summed E-state index contributed by atoms with van der Waals surface area (Å²) in [6, 6.07) is 0. The average Bonchev–Trinajstić information content (AvgIpc) is 1.62. The van der Waals surface area contributed by atoms with Crippen LogP contribution < -0.4 is 5.48 Å². The SMILES string of the molecule is CC(C)(C)OC(=O)N[O-]. The standard InChI is InChI=1S/C5H10NO3/c1-5(2,3)9-4(7)6-8/h1-3H3,(H-,6,7,8)/q-1. The molecule has 54 valence electrons. The van der Waals surface area contributed by atoms with Crippen molar-refractivity contribution in [1.29, 1.82) is 0 Å². The van der Waals surface area contributed by atoms with E-state index >= 15 is 0 Å².